The second-order valence-corrected chi connectivity index (χ2v) is 7.10. The number of nitrogens with one attached hydrogen (secondary N) is 1. The fraction of sp³-hybridized carbons (Fsp3) is 0.875. The van der Waals surface area contributed by atoms with Crippen LogP contribution in [0, 0.1) is 11.8 Å². The highest BCUT2D eigenvalue weighted by atomic mass is 16.6. The van der Waals surface area contributed by atoms with Gasteiger partial charge in [-0.25, -0.2) is 4.79 Å². The van der Waals surface area contributed by atoms with Crippen LogP contribution < -0.4 is 5.32 Å². The Hall–Kier alpha value is -1.14. The molecule has 3 fully saturated rings. The van der Waals surface area contributed by atoms with E-state index in [1.807, 2.05) is 6.92 Å². The number of esters is 1. The average Bonchev–Trinajstić information content (AvgIpc) is 2.65. The molecule has 6 atom stereocenters. The molecular weight excluding hydrogens is 286 g/mol. The maximum atomic E-state index is 12.3. The molecule has 3 N–H and O–H groups in total. The molecule has 2 aliphatic heterocycles. The van der Waals surface area contributed by atoms with Gasteiger partial charge in [0.1, 0.15) is 0 Å². The summed E-state index contributed by atoms with van der Waals surface area (Å²) in [5, 5.41) is 23.8. The van der Waals surface area contributed by atoms with E-state index in [2.05, 4.69) is 5.32 Å². The highest BCUT2D eigenvalue weighted by Gasteiger charge is 2.79. The van der Waals surface area contributed by atoms with E-state index in [-0.39, 0.29) is 5.91 Å². The predicted molar refractivity (Wildman–Crippen MR) is 77.7 cm³/mol. The zero-order valence-electron chi connectivity index (χ0n) is 13.2. The number of carbonyl (C=O) groups excluding carboxylic acids is 2. The number of rotatable bonds is 4. The first-order chi connectivity index (χ1) is 10.4. The van der Waals surface area contributed by atoms with E-state index in [0.29, 0.717) is 19.3 Å². The number of hydrogen-bond acceptors (Lipinski definition) is 5. The fourth-order valence-electron chi connectivity index (χ4n) is 4.58. The van der Waals surface area contributed by atoms with Gasteiger partial charge in [-0.2, -0.15) is 0 Å². The van der Waals surface area contributed by atoms with Crippen LogP contribution in [0.5, 0.6) is 0 Å². The maximum absolute atomic E-state index is 12.3. The zero-order valence-corrected chi connectivity index (χ0v) is 13.2. The Labute approximate surface area is 130 Å². The monoisotopic (exact) mass is 311 g/mol. The van der Waals surface area contributed by atoms with Gasteiger partial charge in [-0.3, -0.25) is 4.79 Å². The van der Waals surface area contributed by atoms with Gasteiger partial charge >= 0.3 is 5.97 Å². The number of ether oxygens (including phenoxy) is 1. The molecule has 2 heterocycles. The van der Waals surface area contributed by atoms with Crippen LogP contribution in [0.15, 0.2) is 0 Å². The Morgan fingerprint density at radius 1 is 1.36 bits per heavy atom. The van der Waals surface area contributed by atoms with Crippen LogP contribution in [0.25, 0.3) is 0 Å². The molecule has 0 bridgehead atoms. The third kappa shape index (κ3) is 1.80. The lowest BCUT2D eigenvalue weighted by Gasteiger charge is -2.55. The van der Waals surface area contributed by atoms with Crippen molar-refractivity contribution in [2.75, 3.05) is 0 Å². The summed E-state index contributed by atoms with van der Waals surface area (Å²) in [6, 6.07) is 0. The summed E-state index contributed by atoms with van der Waals surface area (Å²) in [5.74, 6) is -1.65. The van der Waals surface area contributed by atoms with Gasteiger partial charge in [0.2, 0.25) is 11.4 Å². The molecule has 1 saturated carbocycles. The first-order valence-electron chi connectivity index (χ1n) is 8.30. The molecular formula is C16H25NO5. The first-order valence-corrected chi connectivity index (χ1v) is 8.30. The van der Waals surface area contributed by atoms with Gasteiger partial charge in [-0.15, -0.1) is 0 Å². The van der Waals surface area contributed by atoms with Crippen molar-refractivity contribution < 1.29 is 24.5 Å². The van der Waals surface area contributed by atoms with Gasteiger partial charge in [-0.1, -0.05) is 26.2 Å². The Kier molecular flexibility index (Phi) is 3.72. The van der Waals surface area contributed by atoms with Crippen molar-refractivity contribution in [1.82, 2.24) is 5.32 Å². The SMILES string of the molecule is CCC[C@H]1C(=O)N[C@@]2([C@@H](O)[C@H]3CCCC[C@H]3O)C(=O)O[C@@]12C. The number of aliphatic hydroxyl groups excluding tert-OH is 2. The van der Waals surface area contributed by atoms with Crippen LogP contribution in [0.1, 0.15) is 52.4 Å². The number of amides is 1. The minimum atomic E-state index is -1.40. The molecule has 6 nitrogen and oxygen atoms in total. The second-order valence-electron chi connectivity index (χ2n) is 7.10. The minimum Gasteiger partial charge on any atom is -0.453 e. The van der Waals surface area contributed by atoms with Crippen LogP contribution in [0.2, 0.25) is 0 Å². The van der Waals surface area contributed by atoms with Crippen molar-refractivity contribution in [3.05, 3.63) is 0 Å². The van der Waals surface area contributed by atoms with Crippen LogP contribution in [0.3, 0.4) is 0 Å². The quantitative estimate of drug-likeness (QED) is 0.657. The summed E-state index contributed by atoms with van der Waals surface area (Å²) in [6.45, 7) is 3.70. The van der Waals surface area contributed by atoms with Crippen LogP contribution in [-0.2, 0) is 14.3 Å². The normalized spacial score (nSPS) is 45.5. The molecule has 2 saturated heterocycles. The molecule has 3 aliphatic rings. The molecule has 22 heavy (non-hydrogen) atoms. The molecule has 1 amide bonds. The van der Waals surface area contributed by atoms with E-state index in [0.717, 1.165) is 19.3 Å². The van der Waals surface area contributed by atoms with E-state index in [1.165, 1.54) is 0 Å². The predicted octanol–water partition coefficient (Wildman–Crippen LogP) is 0.499. The van der Waals surface area contributed by atoms with Crippen LogP contribution in [-0.4, -0.2) is 45.4 Å². The maximum Gasteiger partial charge on any atom is 0.339 e. The smallest absolute Gasteiger partial charge is 0.339 e. The van der Waals surface area contributed by atoms with E-state index in [1.54, 1.807) is 6.92 Å². The molecule has 0 aromatic rings. The molecule has 1 aliphatic carbocycles. The lowest BCUT2D eigenvalue weighted by atomic mass is 9.63. The van der Waals surface area contributed by atoms with E-state index < -0.39 is 41.2 Å². The highest BCUT2D eigenvalue weighted by molar-refractivity contribution is 6.01. The van der Waals surface area contributed by atoms with Gasteiger partial charge in [0.15, 0.2) is 5.60 Å². The Bertz CT molecular complexity index is 495. The average molecular weight is 311 g/mol. The van der Waals surface area contributed by atoms with Crippen molar-refractivity contribution in [2.45, 2.75) is 75.7 Å². The minimum absolute atomic E-state index is 0.237. The van der Waals surface area contributed by atoms with Crippen molar-refractivity contribution >= 4 is 11.9 Å². The van der Waals surface area contributed by atoms with E-state index in [9.17, 15) is 19.8 Å². The summed E-state index contributed by atoms with van der Waals surface area (Å²) in [6.07, 6.45) is 2.76. The second kappa shape index (κ2) is 5.20. The zero-order chi connectivity index (χ0) is 16.1. The lowest BCUT2D eigenvalue weighted by Crippen LogP contribution is -2.80. The number of fused-ring (bicyclic) bond motifs is 1. The Morgan fingerprint density at radius 2 is 2.05 bits per heavy atom. The summed E-state index contributed by atoms with van der Waals surface area (Å²) < 4.78 is 5.37. The molecule has 6 heteroatoms. The largest absolute Gasteiger partial charge is 0.453 e. The highest BCUT2D eigenvalue weighted by Crippen LogP contribution is 2.53. The Balaban J connectivity index is 1.93. The third-order valence-corrected chi connectivity index (χ3v) is 5.92. The summed E-state index contributed by atoms with van der Waals surface area (Å²) in [7, 11) is 0. The molecule has 0 spiro atoms. The molecule has 0 aromatic carbocycles. The fourth-order valence-corrected chi connectivity index (χ4v) is 4.58. The summed E-state index contributed by atoms with van der Waals surface area (Å²) in [4.78, 5) is 24.6. The van der Waals surface area contributed by atoms with Crippen molar-refractivity contribution in [3.63, 3.8) is 0 Å². The number of carbonyl (C=O) groups is 2. The summed E-state index contributed by atoms with van der Waals surface area (Å²) >= 11 is 0. The first kappa shape index (κ1) is 15.7. The number of hydrogen-bond donors (Lipinski definition) is 3. The number of aliphatic hydroxyl groups is 2. The van der Waals surface area contributed by atoms with Gasteiger partial charge in [0.25, 0.3) is 0 Å². The third-order valence-electron chi connectivity index (χ3n) is 5.92. The molecule has 3 rings (SSSR count). The standard InChI is InChI=1S/C16H25NO5/c1-3-6-10-13(20)17-16(14(21)22-15(10,16)2)12(19)9-7-4-5-8-11(9)18/h9-12,18-19H,3-8H2,1-2H3,(H,17,20)/t9-,10-,11+,12-,15-,16-/m0/s1. The van der Waals surface area contributed by atoms with Crippen molar-refractivity contribution in [2.24, 2.45) is 11.8 Å². The molecule has 0 unspecified atom stereocenters. The van der Waals surface area contributed by atoms with Crippen LogP contribution in [0.4, 0.5) is 0 Å². The van der Waals surface area contributed by atoms with Gasteiger partial charge in [0, 0.05) is 5.92 Å². The van der Waals surface area contributed by atoms with Gasteiger partial charge in [-0.05, 0) is 26.2 Å². The molecule has 124 valence electrons. The van der Waals surface area contributed by atoms with Gasteiger partial charge < -0.3 is 20.3 Å². The molecule has 0 aromatic heterocycles. The van der Waals surface area contributed by atoms with Gasteiger partial charge in [0.05, 0.1) is 18.1 Å². The van der Waals surface area contributed by atoms with E-state index >= 15 is 0 Å². The van der Waals surface area contributed by atoms with Crippen molar-refractivity contribution in [3.8, 4) is 0 Å². The van der Waals surface area contributed by atoms with Crippen molar-refractivity contribution in [1.29, 1.82) is 0 Å². The topological polar surface area (TPSA) is 95.9 Å². The molecule has 0 radical (unpaired) electrons. The summed E-state index contributed by atoms with van der Waals surface area (Å²) in [5.41, 5.74) is -2.42. The Morgan fingerprint density at radius 3 is 2.64 bits per heavy atom. The van der Waals surface area contributed by atoms with Crippen LogP contribution >= 0.6 is 0 Å². The lowest BCUT2D eigenvalue weighted by molar-refractivity contribution is -0.243. The van der Waals surface area contributed by atoms with E-state index in [4.69, 9.17) is 4.74 Å².